The number of rotatable bonds is 9. The van der Waals surface area contributed by atoms with Crippen LogP contribution in [0.3, 0.4) is 0 Å². The average molecular weight is 271 g/mol. The summed E-state index contributed by atoms with van der Waals surface area (Å²) < 4.78 is 5.10. The minimum absolute atomic E-state index is 0.123. The normalized spacial score (nSPS) is 17.3. The molecule has 19 heavy (non-hydrogen) atoms. The quantitative estimate of drug-likeness (QED) is 0.628. The third kappa shape index (κ3) is 5.19. The van der Waals surface area contributed by atoms with Gasteiger partial charge in [0, 0.05) is 26.7 Å². The first-order valence-corrected chi connectivity index (χ1v) is 7.10. The third-order valence-corrected chi connectivity index (χ3v) is 3.93. The van der Waals surface area contributed by atoms with Gasteiger partial charge in [-0.25, -0.2) is 0 Å². The van der Waals surface area contributed by atoms with E-state index in [-0.39, 0.29) is 17.7 Å². The number of ether oxygens (including phenoxy) is 1. The molecule has 0 aliphatic heterocycles. The van der Waals surface area contributed by atoms with Crippen LogP contribution in [0.2, 0.25) is 0 Å². The average Bonchev–Trinajstić information content (AvgIpc) is 2.85. The Bertz CT molecular complexity index is 298. The molecule has 1 aliphatic rings. The molecule has 0 unspecified atom stereocenters. The summed E-state index contributed by atoms with van der Waals surface area (Å²) in [6, 6.07) is 0. The van der Waals surface area contributed by atoms with Crippen LogP contribution >= 0.6 is 0 Å². The zero-order chi connectivity index (χ0) is 14.1. The van der Waals surface area contributed by atoms with Gasteiger partial charge in [-0.05, 0) is 32.1 Å². The van der Waals surface area contributed by atoms with Crippen LogP contribution in [0.4, 0.5) is 0 Å². The number of carboxylic acid groups (broad SMARTS) is 1. The van der Waals surface area contributed by atoms with Gasteiger partial charge in [0.1, 0.15) is 0 Å². The fraction of sp³-hybridized carbons (Fsp3) is 0.857. The van der Waals surface area contributed by atoms with Crippen LogP contribution in [0.15, 0.2) is 0 Å². The van der Waals surface area contributed by atoms with Gasteiger partial charge in [-0.3, -0.25) is 9.59 Å². The molecule has 0 saturated heterocycles. The summed E-state index contributed by atoms with van der Waals surface area (Å²) in [4.78, 5) is 22.7. The number of hydrogen-bond donors (Lipinski definition) is 2. The van der Waals surface area contributed by atoms with E-state index in [0.29, 0.717) is 19.6 Å². The van der Waals surface area contributed by atoms with Gasteiger partial charge in [0.2, 0.25) is 5.91 Å². The van der Waals surface area contributed by atoms with Crippen LogP contribution in [-0.4, -0.2) is 37.2 Å². The van der Waals surface area contributed by atoms with Gasteiger partial charge in [0.05, 0.1) is 5.41 Å². The summed E-state index contributed by atoms with van der Waals surface area (Å²) >= 11 is 0. The van der Waals surface area contributed by atoms with Crippen molar-refractivity contribution in [3.05, 3.63) is 0 Å². The Kier molecular flexibility index (Phi) is 6.84. The molecule has 1 fully saturated rings. The number of amides is 1. The molecule has 1 rings (SSSR count). The van der Waals surface area contributed by atoms with E-state index in [1.807, 2.05) is 0 Å². The number of carbonyl (C=O) groups excluding carboxylic acids is 1. The Morgan fingerprint density at radius 3 is 2.53 bits per heavy atom. The minimum atomic E-state index is -0.779. The van der Waals surface area contributed by atoms with Gasteiger partial charge < -0.3 is 15.2 Å². The molecule has 1 saturated carbocycles. The molecular weight excluding hydrogens is 246 g/mol. The van der Waals surface area contributed by atoms with Crippen LogP contribution in [0.25, 0.3) is 0 Å². The summed E-state index contributed by atoms with van der Waals surface area (Å²) in [5.74, 6) is -0.656. The van der Waals surface area contributed by atoms with Crippen molar-refractivity contribution >= 4 is 11.9 Å². The standard InChI is InChI=1S/C14H25NO4/c1-19-11-9-14(7-3-4-8-14)13(18)15-10-5-2-6-12(16)17/h2-11H2,1H3,(H,15,18)(H,16,17). The van der Waals surface area contributed by atoms with Crippen molar-refractivity contribution in [1.29, 1.82) is 0 Å². The maximum atomic E-state index is 12.3. The van der Waals surface area contributed by atoms with Crippen molar-refractivity contribution in [2.75, 3.05) is 20.3 Å². The first-order valence-electron chi connectivity index (χ1n) is 7.10. The van der Waals surface area contributed by atoms with Crippen molar-refractivity contribution < 1.29 is 19.4 Å². The van der Waals surface area contributed by atoms with Crippen LogP contribution in [0, 0.1) is 5.41 Å². The first-order chi connectivity index (χ1) is 9.10. The van der Waals surface area contributed by atoms with Crippen LogP contribution in [0.1, 0.15) is 51.4 Å². The number of nitrogens with one attached hydrogen (secondary N) is 1. The number of aliphatic carboxylic acids is 1. The molecule has 0 aromatic heterocycles. The minimum Gasteiger partial charge on any atom is -0.481 e. The monoisotopic (exact) mass is 271 g/mol. The molecule has 0 aromatic rings. The Hall–Kier alpha value is -1.10. The Balaban J connectivity index is 2.30. The van der Waals surface area contributed by atoms with Crippen LogP contribution in [0.5, 0.6) is 0 Å². The highest BCUT2D eigenvalue weighted by Gasteiger charge is 2.40. The summed E-state index contributed by atoms with van der Waals surface area (Å²) in [6.07, 6.45) is 6.38. The lowest BCUT2D eigenvalue weighted by atomic mass is 9.82. The zero-order valence-corrected chi connectivity index (χ0v) is 11.7. The van der Waals surface area contributed by atoms with Gasteiger partial charge >= 0.3 is 5.97 Å². The molecule has 5 heteroatoms. The second-order valence-corrected chi connectivity index (χ2v) is 5.34. The van der Waals surface area contributed by atoms with Crippen LogP contribution in [-0.2, 0) is 14.3 Å². The first kappa shape index (κ1) is 16.0. The van der Waals surface area contributed by atoms with E-state index in [2.05, 4.69) is 5.32 Å². The number of unbranched alkanes of at least 4 members (excludes halogenated alkanes) is 1. The van der Waals surface area contributed by atoms with Crippen molar-refractivity contribution in [2.45, 2.75) is 51.4 Å². The van der Waals surface area contributed by atoms with Crippen molar-refractivity contribution in [2.24, 2.45) is 5.41 Å². The maximum absolute atomic E-state index is 12.3. The Morgan fingerprint density at radius 1 is 1.26 bits per heavy atom. The molecule has 1 amide bonds. The maximum Gasteiger partial charge on any atom is 0.303 e. The van der Waals surface area contributed by atoms with E-state index in [1.165, 1.54) is 0 Å². The lowest BCUT2D eigenvalue weighted by Crippen LogP contribution is -2.40. The summed E-state index contributed by atoms with van der Waals surface area (Å²) in [7, 11) is 1.66. The van der Waals surface area contributed by atoms with E-state index >= 15 is 0 Å². The molecule has 5 nitrogen and oxygen atoms in total. The Labute approximate surface area is 114 Å². The molecule has 0 radical (unpaired) electrons. The Morgan fingerprint density at radius 2 is 1.95 bits per heavy atom. The van der Waals surface area contributed by atoms with E-state index < -0.39 is 5.97 Å². The van der Waals surface area contributed by atoms with Gasteiger partial charge in [0.15, 0.2) is 0 Å². The molecule has 110 valence electrons. The van der Waals surface area contributed by atoms with Gasteiger partial charge in [-0.15, -0.1) is 0 Å². The smallest absolute Gasteiger partial charge is 0.303 e. The molecule has 0 atom stereocenters. The van der Waals surface area contributed by atoms with Gasteiger partial charge in [-0.2, -0.15) is 0 Å². The molecule has 2 N–H and O–H groups in total. The third-order valence-electron chi connectivity index (χ3n) is 3.93. The number of carboxylic acids is 1. The van der Waals surface area contributed by atoms with Gasteiger partial charge in [-0.1, -0.05) is 12.8 Å². The predicted molar refractivity (Wildman–Crippen MR) is 71.9 cm³/mol. The zero-order valence-electron chi connectivity index (χ0n) is 11.7. The summed E-state index contributed by atoms with van der Waals surface area (Å²) in [5.41, 5.74) is -0.247. The second kappa shape index (κ2) is 8.15. The van der Waals surface area contributed by atoms with Gasteiger partial charge in [0.25, 0.3) is 0 Å². The lowest BCUT2D eigenvalue weighted by Gasteiger charge is -2.27. The van der Waals surface area contributed by atoms with E-state index in [9.17, 15) is 9.59 Å². The largest absolute Gasteiger partial charge is 0.481 e. The highest BCUT2D eigenvalue weighted by molar-refractivity contribution is 5.82. The highest BCUT2D eigenvalue weighted by atomic mass is 16.5. The number of methoxy groups -OCH3 is 1. The van der Waals surface area contributed by atoms with Crippen molar-refractivity contribution in [3.8, 4) is 0 Å². The molecule has 0 aromatic carbocycles. The molecule has 1 aliphatic carbocycles. The molecular formula is C14H25NO4. The van der Waals surface area contributed by atoms with E-state index in [1.54, 1.807) is 7.11 Å². The van der Waals surface area contributed by atoms with Crippen molar-refractivity contribution in [3.63, 3.8) is 0 Å². The summed E-state index contributed by atoms with van der Waals surface area (Å²) in [5, 5.41) is 11.5. The SMILES string of the molecule is COCCC1(C(=O)NCCCCC(=O)O)CCCC1. The second-order valence-electron chi connectivity index (χ2n) is 5.34. The van der Waals surface area contributed by atoms with Crippen LogP contribution < -0.4 is 5.32 Å². The fourth-order valence-corrected chi connectivity index (χ4v) is 2.73. The molecule has 0 spiro atoms. The van der Waals surface area contributed by atoms with E-state index in [0.717, 1.165) is 38.5 Å². The van der Waals surface area contributed by atoms with E-state index in [4.69, 9.17) is 9.84 Å². The van der Waals surface area contributed by atoms with Crippen molar-refractivity contribution in [1.82, 2.24) is 5.32 Å². The lowest BCUT2D eigenvalue weighted by molar-refractivity contribution is -0.137. The predicted octanol–water partition coefficient (Wildman–Crippen LogP) is 1.95. The molecule has 0 bridgehead atoms. The summed E-state index contributed by atoms with van der Waals surface area (Å²) in [6.45, 7) is 1.19. The fourth-order valence-electron chi connectivity index (χ4n) is 2.73. The molecule has 0 heterocycles. The number of carbonyl (C=O) groups is 2. The topological polar surface area (TPSA) is 75.6 Å². The highest BCUT2D eigenvalue weighted by Crippen LogP contribution is 2.41. The number of hydrogen-bond acceptors (Lipinski definition) is 3.